The third-order valence-electron chi connectivity index (χ3n) is 15.0. The highest BCUT2D eigenvalue weighted by molar-refractivity contribution is 7.88. The monoisotopic (exact) mass is 1080 g/mol. The molecule has 2 atom stereocenters. The molecule has 2 aliphatic carbocycles. The maximum atomic E-state index is 12.1. The van der Waals surface area contributed by atoms with Crippen LogP contribution in [-0.4, -0.2) is 116 Å². The number of benzene rings is 2. The summed E-state index contributed by atoms with van der Waals surface area (Å²) in [4.78, 5) is 35.7. The van der Waals surface area contributed by atoms with Gasteiger partial charge < -0.3 is 10.2 Å². The molecule has 17 heteroatoms. The van der Waals surface area contributed by atoms with Gasteiger partial charge in [0.25, 0.3) is 0 Å². The van der Waals surface area contributed by atoms with Gasteiger partial charge in [-0.3, -0.25) is 19.6 Å². The fourth-order valence-electron chi connectivity index (χ4n) is 11.4. The number of sulfonamides is 2. The topological polar surface area (TPSA) is 150 Å². The maximum absolute atomic E-state index is 12.1. The Morgan fingerprint density at radius 1 is 0.681 bits per heavy atom. The number of aromatic nitrogens is 2. The Bertz CT molecular complexity index is 2880. The van der Waals surface area contributed by atoms with Crippen LogP contribution in [0.2, 0.25) is 10.0 Å². The normalized spacial score (nSPS) is 19.9. The number of pyridine rings is 2. The van der Waals surface area contributed by atoms with Gasteiger partial charge in [-0.25, -0.2) is 25.4 Å². The van der Waals surface area contributed by atoms with Crippen molar-refractivity contribution in [3.63, 3.8) is 0 Å². The van der Waals surface area contributed by atoms with Crippen molar-refractivity contribution >= 4 is 90.0 Å². The van der Waals surface area contributed by atoms with Crippen LogP contribution in [0.15, 0.2) is 73.1 Å². The van der Waals surface area contributed by atoms with Crippen molar-refractivity contribution in [1.29, 1.82) is 0 Å². The second-order valence-electron chi connectivity index (χ2n) is 19.9. The number of fused-ring (bicyclic) bond motifs is 4. The van der Waals surface area contributed by atoms with Crippen molar-refractivity contribution in [1.82, 2.24) is 28.8 Å². The fourth-order valence-corrected chi connectivity index (χ4v) is 13.7. The number of likely N-dealkylation sites (tertiary alicyclic amines) is 1. The lowest BCUT2D eigenvalue weighted by Crippen LogP contribution is -2.39. The smallest absolute Gasteiger partial charge is 0.222 e. The van der Waals surface area contributed by atoms with Gasteiger partial charge in [0, 0.05) is 98.8 Å². The van der Waals surface area contributed by atoms with E-state index in [9.17, 15) is 26.4 Å². The van der Waals surface area contributed by atoms with Crippen LogP contribution in [0.25, 0.3) is 23.3 Å². The van der Waals surface area contributed by atoms with Crippen LogP contribution in [0.3, 0.4) is 0 Å². The van der Waals surface area contributed by atoms with E-state index in [1.807, 2.05) is 53.7 Å². The molecular formula is C55H67Cl3N6O6S2. The van der Waals surface area contributed by atoms with E-state index in [0.717, 1.165) is 111 Å². The number of amides is 2. The molecule has 0 spiro atoms. The molecule has 3 saturated heterocycles. The summed E-state index contributed by atoms with van der Waals surface area (Å²) < 4.78 is 51.5. The summed E-state index contributed by atoms with van der Waals surface area (Å²) in [7, 11) is -6.37. The Balaban J connectivity index is 0.000000193. The summed E-state index contributed by atoms with van der Waals surface area (Å²) in [5.74, 6) is 1.53. The van der Waals surface area contributed by atoms with Gasteiger partial charge in [-0.1, -0.05) is 59.6 Å². The summed E-state index contributed by atoms with van der Waals surface area (Å²) in [6, 6.07) is 20.4. The maximum Gasteiger partial charge on any atom is 0.222 e. The standard InChI is InChI=1S/C28H35Cl2N3O3S.C27H32ClN3O3S/c1-37(35,36)33-16-11-20(12-17-33)27-24-10-9-23(30)19-22(24)18-21(25-7-5-15-32-28(25)27)6-2-3-14-31-26(34)8-4-13-29;1-35(33,34)31-15-10-19(11-16-31)26-23-9-8-22(28)18-21(23)17-20(24-6-2-12-29-27(24)26)5-3-13-30-14-4-7-25(30)32/h5,7,9-10,15,18-20,27H,2-4,6,8,11-14,16-17H2,1H3,(H,31,34);2,6,8-9,12,17-19,26H,3-5,7,10-11,13-16H2,1H3. The first-order valence-corrected chi connectivity index (χ1v) is 30.5. The molecule has 3 fully saturated rings. The van der Waals surface area contributed by atoms with Gasteiger partial charge in [-0.05, 0) is 163 Å². The van der Waals surface area contributed by atoms with Gasteiger partial charge in [0.1, 0.15) is 0 Å². The van der Waals surface area contributed by atoms with E-state index >= 15 is 0 Å². The van der Waals surface area contributed by atoms with Crippen molar-refractivity contribution in [3.05, 3.63) is 128 Å². The lowest BCUT2D eigenvalue weighted by Gasteiger charge is -2.35. The lowest BCUT2D eigenvalue weighted by atomic mass is 9.76. The van der Waals surface area contributed by atoms with E-state index in [1.165, 1.54) is 34.8 Å². The molecule has 2 aromatic carbocycles. The highest BCUT2D eigenvalue weighted by atomic mass is 35.5. The summed E-state index contributed by atoms with van der Waals surface area (Å²) in [5, 5.41) is 4.37. The summed E-state index contributed by atoms with van der Waals surface area (Å²) in [5.41, 5.74) is 11.5. The number of hydrogen-bond donors (Lipinski definition) is 1. The van der Waals surface area contributed by atoms with E-state index in [4.69, 9.17) is 44.8 Å². The number of alkyl halides is 1. The molecule has 12 nitrogen and oxygen atoms in total. The summed E-state index contributed by atoms with van der Waals surface area (Å²) in [6.07, 6.45) is 21.2. The minimum atomic E-state index is -3.19. The second kappa shape index (κ2) is 24.5. The minimum Gasteiger partial charge on any atom is -0.356 e. The Morgan fingerprint density at radius 2 is 1.18 bits per heavy atom. The number of rotatable bonds is 16. The molecule has 3 aliphatic heterocycles. The largest absolute Gasteiger partial charge is 0.356 e. The molecule has 5 aliphatic rings. The molecule has 386 valence electrons. The van der Waals surface area contributed by atoms with Gasteiger partial charge in [-0.2, -0.15) is 0 Å². The first-order valence-electron chi connectivity index (χ1n) is 25.5. The quantitative estimate of drug-likeness (QED) is 0.0861. The zero-order chi connectivity index (χ0) is 51.0. The molecule has 9 rings (SSSR count). The van der Waals surface area contributed by atoms with Crippen LogP contribution in [0.1, 0.15) is 140 Å². The third-order valence-corrected chi connectivity index (χ3v) is 18.4. The first-order chi connectivity index (χ1) is 34.6. The number of carbonyl (C=O) groups excluding carboxylic acids is 2. The Hall–Kier alpha value is -4.15. The molecule has 0 radical (unpaired) electrons. The summed E-state index contributed by atoms with van der Waals surface area (Å²) in [6.45, 7) is 4.43. The van der Waals surface area contributed by atoms with E-state index in [2.05, 4.69) is 41.7 Å². The van der Waals surface area contributed by atoms with Crippen molar-refractivity contribution < 1.29 is 26.4 Å². The predicted molar refractivity (Wildman–Crippen MR) is 291 cm³/mol. The van der Waals surface area contributed by atoms with Crippen LogP contribution in [0.5, 0.6) is 0 Å². The average molecular weight is 1080 g/mol. The van der Waals surface area contributed by atoms with Crippen LogP contribution < -0.4 is 5.32 Å². The Morgan fingerprint density at radius 3 is 1.64 bits per heavy atom. The van der Waals surface area contributed by atoms with Crippen LogP contribution in [0, 0.1) is 11.8 Å². The van der Waals surface area contributed by atoms with Crippen molar-refractivity contribution in [2.45, 2.75) is 95.3 Å². The zero-order valence-electron chi connectivity index (χ0n) is 41.4. The second-order valence-corrected chi connectivity index (χ2v) is 25.1. The molecule has 2 aromatic heterocycles. The van der Waals surface area contributed by atoms with Crippen molar-refractivity contribution in [3.8, 4) is 0 Å². The first kappa shape index (κ1) is 54.1. The average Bonchev–Trinajstić information content (AvgIpc) is 3.65. The zero-order valence-corrected chi connectivity index (χ0v) is 45.3. The fraction of sp³-hybridized carbons (Fsp3) is 0.491. The molecule has 72 heavy (non-hydrogen) atoms. The Kier molecular flexibility index (Phi) is 18.4. The third kappa shape index (κ3) is 13.4. The van der Waals surface area contributed by atoms with E-state index < -0.39 is 20.0 Å². The number of carbonyl (C=O) groups is 2. The molecule has 0 saturated carbocycles. The van der Waals surface area contributed by atoms with Crippen LogP contribution >= 0.6 is 34.8 Å². The van der Waals surface area contributed by atoms with Gasteiger partial charge in [-0.15, -0.1) is 11.6 Å². The van der Waals surface area contributed by atoms with Gasteiger partial charge >= 0.3 is 0 Å². The van der Waals surface area contributed by atoms with Crippen molar-refractivity contribution in [2.24, 2.45) is 11.8 Å². The van der Waals surface area contributed by atoms with Crippen LogP contribution in [-0.2, 0) is 29.6 Å². The van der Waals surface area contributed by atoms with Crippen molar-refractivity contribution in [2.75, 3.05) is 64.2 Å². The van der Waals surface area contributed by atoms with E-state index in [1.54, 1.807) is 8.61 Å². The number of piperidine rings is 2. The van der Waals surface area contributed by atoms with Gasteiger partial charge in [0.15, 0.2) is 0 Å². The Labute approximate surface area is 441 Å². The number of hydrogen-bond acceptors (Lipinski definition) is 8. The molecule has 5 heterocycles. The van der Waals surface area contributed by atoms with Gasteiger partial charge in [0.2, 0.25) is 31.9 Å². The van der Waals surface area contributed by atoms with E-state index in [0.29, 0.717) is 67.9 Å². The number of halogens is 3. The highest BCUT2D eigenvalue weighted by Gasteiger charge is 2.38. The molecule has 2 unspecified atom stereocenters. The number of nitrogens with zero attached hydrogens (tertiary/aromatic N) is 5. The SMILES string of the molecule is CS(=O)(=O)N1CCC(C2c3ccc(Cl)cc3C=C(CCCCNC(=O)CCCCl)c3cccnc32)CC1.CS(=O)(=O)N1CCC(C2c3ccc(Cl)cc3C=C(CCCN3CCCC3=O)c3cccnc32)CC1. The highest BCUT2D eigenvalue weighted by Crippen LogP contribution is 2.47. The van der Waals surface area contributed by atoms with E-state index in [-0.39, 0.29) is 35.5 Å². The molecular weight excluding hydrogens is 1010 g/mol. The molecule has 1 N–H and O–H groups in total. The number of allylic oxidation sites excluding steroid dienone is 2. The lowest BCUT2D eigenvalue weighted by molar-refractivity contribution is -0.127. The molecule has 4 aromatic rings. The molecule has 0 bridgehead atoms. The minimum absolute atomic E-state index is 0.0530. The number of nitrogens with one attached hydrogen (secondary N) is 1. The van der Waals surface area contributed by atoms with Crippen LogP contribution in [0.4, 0.5) is 0 Å². The summed E-state index contributed by atoms with van der Waals surface area (Å²) >= 11 is 18.5. The number of unbranched alkanes of at least 4 members (excludes halogenated alkanes) is 1. The molecule has 2 amide bonds. The van der Waals surface area contributed by atoms with Gasteiger partial charge in [0.05, 0.1) is 23.9 Å². The predicted octanol–water partition coefficient (Wildman–Crippen LogP) is 10.5.